The molecule has 0 saturated carbocycles. The SMILES string of the molecule is CN(C)c1ncc(-c2ccc(N3CCN(C(=O)CN4CC[C@@H](C(=O)Nc5ccc(O)c(Cl)c5)C4)CC3)cc2)cn1. The van der Waals surface area contributed by atoms with E-state index in [-0.39, 0.29) is 28.5 Å². The largest absolute Gasteiger partial charge is 0.506 e. The van der Waals surface area contributed by atoms with Gasteiger partial charge in [-0.05, 0) is 48.9 Å². The number of phenols is 1. The van der Waals surface area contributed by atoms with Gasteiger partial charge in [0.05, 0.1) is 17.5 Å². The highest BCUT2D eigenvalue weighted by molar-refractivity contribution is 6.32. The summed E-state index contributed by atoms with van der Waals surface area (Å²) in [6.07, 6.45) is 4.37. The Bertz CT molecular complexity index is 1340. The lowest BCUT2D eigenvalue weighted by Gasteiger charge is -2.36. The number of aromatic nitrogens is 2. The van der Waals surface area contributed by atoms with Crippen molar-refractivity contribution in [3.05, 3.63) is 59.9 Å². The average Bonchev–Trinajstić information content (AvgIpc) is 3.44. The molecule has 2 fully saturated rings. The molecule has 2 amide bonds. The van der Waals surface area contributed by atoms with Gasteiger partial charge in [-0.15, -0.1) is 0 Å². The van der Waals surface area contributed by atoms with Crippen molar-refractivity contribution in [2.24, 2.45) is 5.92 Å². The number of amides is 2. The summed E-state index contributed by atoms with van der Waals surface area (Å²) >= 11 is 5.94. The second-order valence-electron chi connectivity index (χ2n) is 10.5. The fourth-order valence-corrected chi connectivity index (χ4v) is 5.27. The van der Waals surface area contributed by atoms with Crippen LogP contribution in [0.1, 0.15) is 6.42 Å². The molecular weight excluding hydrogens is 530 g/mol. The number of likely N-dealkylation sites (tertiary alicyclic amines) is 1. The molecule has 0 spiro atoms. The number of piperazine rings is 1. The topological polar surface area (TPSA) is 105 Å². The van der Waals surface area contributed by atoms with Crippen molar-refractivity contribution in [2.45, 2.75) is 6.42 Å². The molecule has 210 valence electrons. The van der Waals surface area contributed by atoms with Gasteiger partial charge in [-0.3, -0.25) is 14.5 Å². The van der Waals surface area contributed by atoms with E-state index in [0.29, 0.717) is 50.8 Å². The molecule has 0 aliphatic carbocycles. The molecule has 2 aromatic carbocycles. The lowest BCUT2D eigenvalue weighted by atomic mass is 10.1. The summed E-state index contributed by atoms with van der Waals surface area (Å²) in [5.74, 6) is 0.454. The molecule has 10 nitrogen and oxygen atoms in total. The second kappa shape index (κ2) is 12.1. The first-order valence-electron chi connectivity index (χ1n) is 13.4. The Kier molecular flexibility index (Phi) is 8.37. The normalized spacial score (nSPS) is 17.6. The van der Waals surface area contributed by atoms with Gasteiger partial charge in [0.1, 0.15) is 5.75 Å². The molecular formula is C29H34ClN7O3. The van der Waals surface area contributed by atoms with E-state index in [1.165, 1.54) is 12.1 Å². The van der Waals surface area contributed by atoms with Crippen LogP contribution >= 0.6 is 11.6 Å². The molecule has 1 atom stereocenters. The molecule has 2 N–H and O–H groups in total. The number of carbonyl (C=O) groups is 2. The van der Waals surface area contributed by atoms with Crippen molar-refractivity contribution in [3.63, 3.8) is 0 Å². The predicted molar refractivity (Wildman–Crippen MR) is 157 cm³/mol. The van der Waals surface area contributed by atoms with Crippen LogP contribution in [0.2, 0.25) is 5.02 Å². The van der Waals surface area contributed by atoms with Crippen LogP contribution in [-0.2, 0) is 9.59 Å². The van der Waals surface area contributed by atoms with Gasteiger partial charge < -0.3 is 25.1 Å². The van der Waals surface area contributed by atoms with E-state index in [2.05, 4.69) is 49.4 Å². The van der Waals surface area contributed by atoms with E-state index in [9.17, 15) is 14.7 Å². The number of hydrogen-bond donors (Lipinski definition) is 2. The van der Waals surface area contributed by atoms with Crippen molar-refractivity contribution >= 4 is 40.7 Å². The molecule has 3 aromatic rings. The monoisotopic (exact) mass is 563 g/mol. The van der Waals surface area contributed by atoms with Crippen LogP contribution < -0.4 is 15.1 Å². The maximum absolute atomic E-state index is 13.0. The average molecular weight is 564 g/mol. The van der Waals surface area contributed by atoms with E-state index in [0.717, 1.165) is 29.9 Å². The summed E-state index contributed by atoms with van der Waals surface area (Å²) in [5.41, 5.74) is 3.71. The lowest BCUT2D eigenvalue weighted by Crippen LogP contribution is -2.51. The molecule has 0 radical (unpaired) electrons. The summed E-state index contributed by atoms with van der Waals surface area (Å²) in [6.45, 7) is 4.43. The number of nitrogens with one attached hydrogen (secondary N) is 1. The van der Waals surface area contributed by atoms with Gasteiger partial charge in [0, 0.05) is 76.2 Å². The first-order valence-corrected chi connectivity index (χ1v) is 13.8. The number of aromatic hydroxyl groups is 1. The van der Waals surface area contributed by atoms with Crippen molar-refractivity contribution in [2.75, 3.05) is 75.0 Å². The number of rotatable bonds is 7. The summed E-state index contributed by atoms with van der Waals surface area (Å²) in [5, 5.41) is 12.6. The van der Waals surface area contributed by atoms with Crippen molar-refractivity contribution in [3.8, 4) is 16.9 Å². The van der Waals surface area contributed by atoms with Gasteiger partial charge in [-0.1, -0.05) is 23.7 Å². The fraction of sp³-hybridized carbons (Fsp3) is 0.379. The molecule has 11 heteroatoms. The summed E-state index contributed by atoms with van der Waals surface area (Å²) in [6, 6.07) is 13.0. The smallest absolute Gasteiger partial charge is 0.236 e. The van der Waals surface area contributed by atoms with Crippen LogP contribution in [0, 0.1) is 5.92 Å². The van der Waals surface area contributed by atoms with Crippen molar-refractivity contribution in [1.82, 2.24) is 19.8 Å². The van der Waals surface area contributed by atoms with Crippen LogP contribution in [0.3, 0.4) is 0 Å². The van der Waals surface area contributed by atoms with Gasteiger partial charge in [-0.2, -0.15) is 0 Å². The molecule has 2 saturated heterocycles. The lowest BCUT2D eigenvalue weighted by molar-refractivity contribution is -0.132. The summed E-state index contributed by atoms with van der Waals surface area (Å²) < 4.78 is 0. The van der Waals surface area contributed by atoms with E-state index >= 15 is 0 Å². The Morgan fingerprint density at radius 2 is 1.70 bits per heavy atom. The molecule has 40 heavy (non-hydrogen) atoms. The van der Waals surface area contributed by atoms with Gasteiger partial charge in [0.15, 0.2) is 0 Å². The third-order valence-corrected chi connectivity index (χ3v) is 7.76. The Morgan fingerprint density at radius 1 is 1.00 bits per heavy atom. The third-order valence-electron chi connectivity index (χ3n) is 7.45. The number of carbonyl (C=O) groups excluding carboxylic acids is 2. The maximum atomic E-state index is 13.0. The highest BCUT2D eigenvalue weighted by atomic mass is 35.5. The van der Waals surface area contributed by atoms with Crippen LogP contribution in [0.25, 0.3) is 11.1 Å². The molecule has 0 unspecified atom stereocenters. The number of benzene rings is 2. The minimum absolute atomic E-state index is 0.0264. The molecule has 0 bridgehead atoms. The van der Waals surface area contributed by atoms with Crippen LogP contribution in [0.15, 0.2) is 54.9 Å². The van der Waals surface area contributed by atoms with Crippen LogP contribution in [-0.4, -0.2) is 96.6 Å². The zero-order valence-electron chi connectivity index (χ0n) is 22.8. The quantitative estimate of drug-likeness (QED) is 0.422. The van der Waals surface area contributed by atoms with Crippen LogP contribution in [0.4, 0.5) is 17.3 Å². The molecule has 3 heterocycles. The Balaban J connectivity index is 1.07. The van der Waals surface area contributed by atoms with Gasteiger partial charge >= 0.3 is 0 Å². The standard InChI is InChI=1S/C29H34ClN7O3/c1-34(2)29-31-16-22(17-32-29)20-3-6-24(7-4-20)36-11-13-37(14-12-36)27(39)19-35-10-9-21(18-35)28(40)33-23-5-8-26(38)25(30)15-23/h3-8,15-17,21,38H,9-14,18-19H2,1-2H3,(H,33,40)/t21-/m1/s1. The molecule has 1 aromatic heterocycles. The third kappa shape index (κ3) is 6.46. The van der Waals surface area contributed by atoms with E-state index in [1.54, 1.807) is 6.07 Å². The Hall–Kier alpha value is -3.89. The van der Waals surface area contributed by atoms with Crippen LogP contribution in [0.5, 0.6) is 5.75 Å². The maximum Gasteiger partial charge on any atom is 0.236 e. The second-order valence-corrected chi connectivity index (χ2v) is 10.9. The minimum Gasteiger partial charge on any atom is -0.506 e. The van der Waals surface area contributed by atoms with E-state index in [4.69, 9.17) is 11.6 Å². The number of halogens is 1. The molecule has 2 aliphatic rings. The first kappa shape index (κ1) is 27.7. The highest BCUT2D eigenvalue weighted by Gasteiger charge is 2.31. The van der Waals surface area contributed by atoms with Crippen molar-refractivity contribution in [1.29, 1.82) is 0 Å². The summed E-state index contributed by atoms with van der Waals surface area (Å²) in [4.78, 5) is 42.6. The zero-order valence-corrected chi connectivity index (χ0v) is 23.5. The van der Waals surface area contributed by atoms with E-state index in [1.807, 2.05) is 36.3 Å². The zero-order chi connectivity index (χ0) is 28.2. The Morgan fingerprint density at radius 3 is 2.35 bits per heavy atom. The summed E-state index contributed by atoms with van der Waals surface area (Å²) in [7, 11) is 3.83. The van der Waals surface area contributed by atoms with Crippen molar-refractivity contribution < 1.29 is 14.7 Å². The first-order chi connectivity index (χ1) is 19.3. The van der Waals surface area contributed by atoms with Gasteiger partial charge in [-0.25, -0.2) is 9.97 Å². The van der Waals surface area contributed by atoms with Gasteiger partial charge in [0.25, 0.3) is 0 Å². The predicted octanol–water partition coefficient (Wildman–Crippen LogP) is 3.18. The van der Waals surface area contributed by atoms with E-state index < -0.39 is 0 Å². The number of hydrogen-bond acceptors (Lipinski definition) is 8. The van der Waals surface area contributed by atoms with Gasteiger partial charge in [0.2, 0.25) is 17.8 Å². The number of phenolic OH excluding ortho intramolecular Hbond substituents is 1. The molecule has 2 aliphatic heterocycles. The molecule has 5 rings (SSSR count). The number of nitrogens with zero attached hydrogens (tertiary/aromatic N) is 6. The minimum atomic E-state index is -0.197. The highest BCUT2D eigenvalue weighted by Crippen LogP contribution is 2.27. The Labute approximate surface area is 239 Å². The fourth-order valence-electron chi connectivity index (χ4n) is 5.09. The number of anilines is 3.